The first-order chi connectivity index (χ1) is 9.66. The Labute approximate surface area is 127 Å². The van der Waals surface area contributed by atoms with Gasteiger partial charge in [-0.15, -0.1) is 0 Å². The van der Waals surface area contributed by atoms with Crippen LogP contribution in [0.1, 0.15) is 44.2 Å². The van der Waals surface area contributed by atoms with Gasteiger partial charge in [0.15, 0.2) is 0 Å². The molecule has 2 N–H and O–H groups in total. The number of rotatable bonds is 2. The minimum Gasteiger partial charge on any atom is -0.367 e. The molecule has 3 rings (SSSR count). The Morgan fingerprint density at radius 3 is 2.60 bits per heavy atom. The van der Waals surface area contributed by atoms with Gasteiger partial charge < -0.3 is 10.3 Å². The van der Waals surface area contributed by atoms with Gasteiger partial charge in [0.05, 0.1) is 11.3 Å². The number of nitrogen functional groups attached to an aromatic ring is 1. The maximum Gasteiger partial charge on any atom is 0.230 e. The van der Waals surface area contributed by atoms with Gasteiger partial charge >= 0.3 is 0 Å². The van der Waals surface area contributed by atoms with Crippen molar-refractivity contribution in [1.82, 2.24) is 5.16 Å². The molecule has 0 unspecified atom stereocenters. The van der Waals surface area contributed by atoms with Crippen LogP contribution in [0, 0.1) is 5.92 Å². The number of benzene rings is 1. The van der Waals surface area contributed by atoms with Crippen molar-refractivity contribution in [3.8, 4) is 11.1 Å². The van der Waals surface area contributed by atoms with E-state index in [-0.39, 0.29) is 0 Å². The van der Waals surface area contributed by atoms with Crippen molar-refractivity contribution >= 4 is 21.8 Å². The second-order valence-corrected chi connectivity index (χ2v) is 6.60. The molecule has 0 spiro atoms. The highest BCUT2D eigenvalue weighted by Crippen LogP contribution is 2.43. The molecule has 0 atom stereocenters. The van der Waals surface area contributed by atoms with Gasteiger partial charge in [-0.1, -0.05) is 59.1 Å². The molecule has 1 aliphatic rings. The molecule has 1 fully saturated rings. The van der Waals surface area contributed by atoms with Gasteiger partial charge in [0.2, 0.25) is 5.88 Å². The zero-order chi connectivity index (χ0) is 14.1. The van der Waals surface area contributed by atoms with Crippen molar-refractivity contribution in [2.75, 3.05) is 5.73 Å². The molecule has 0 bridgehead atoms. The van der Waals surface area contributed by atoms with E-state index < -0.39 is 0 Å². The molecular formula is C16H19BrN2O. The summed E-state index contributed by atoms with van der Waals surface area (Å²) in [6.45, 7) is 2.32. The number of hydrogen-bond acceptors (Lipinski definition) is 3. The second-order valence-electron chi connectivity index (χ2n) is 5.74. The quantitative estimate of drug-likeness (QED) is 0.842. The average molecular weight is 335 g/mol. The first kappa shape index (κ1) is 13.7. The van der Waals surface area contributed by atoms with Crippen LogP contribution in [0.25, 0.3) is 11.1 Å². The van der Waals surface area contributed by atoms with E-state index in [0.29, 0.717) is 11.8 Å². The highest BCUT2D eigenvalue weighted by Gasteiger charge is 2.27. The van der Waals surface area contributed by atoms with Crippen molar-refractivity contribution in [3.05, 3.63) is 34.4 Å². The fourth-order valence-corrected chi connectivity index (χ4v) is 3.55. The second kappa shape index (κ2) is 5.60. The SMILES string of the molecule is CC1CCC(c2noc(N)c2-c2ccccc2Br)CC1. The van der Waals surface area contributed by atoms with Gasteiger partial charge in [0.25, 0.3) is 0 Å². The zero-order valence-corrected chi connectivity index (χ0v) is 13.2. The number of nitrogens with zero attached hydrogens (tertiary/aromatic N) is 1. The van der Waals surface area contributed by atoms with Crippen molar-refractivity contribution < 1.29 is 4.52 Å². The van der Waals surface area contributed by atoms with E-state index in [1.54, 1.807) is 0 Å². The van der Waals surface area contributed by atoms with Gasteiger partial charge in [0, 0.05) is 16.0 Å². The Hall–Kier alpha value is -1.29. The van der Waals surface area contributed by atoms with Gasteiger partial charge in [-0.3, -0.25) is 0 Å². The molecule has 0 aliphatic heterocycles. The Kier molecular flexibility index (Phi) is 3.83. The van der Waals surface area contributed by atoms with Gasteiger partial charge in [-0.25, -0.2) is 0 Å². The Morgan fingerprint density at radius 2 is 1.90 bits per heavy atom. The fraction of sp³-hybridized carbons (Fsp3) is 0.438. The average Bonchev–Trinajstić information content (AvgIpc) is 2.82. The van der Waals surface area contributed by atoms with Gasteiger partial charge in [-0.2, -0.15) is 0 Å². The van der Waals surface area contributed by atoms with Crippen LogP contribution in [0.2, 0.25) is 0 Å². The largest absolute Gasteiger partial charge is 0.367 e. The first-order valence-electron chi connectivity index (χ1n) is 7.16. The Morgan fingerprint density at radius 1 is 1.20 bits per heavy atom. The predicted molar refractivity (Wildman–Crippen MR) is 84.4 cm³/mol. The van der Waals surface area contributed by atoms with Crippen LogP contribution in [-0.4, -0.2) is 5.16 Å². The number of anilines is 1. The van der Waals surface area contributed by atoms with Crippen molar-refractivity contribution in [3.63, 3.8) is 0 Å². The van der Waals surface area contributed by atoms with E-state index in [9.17, 15) is 0 Å². The highest BCUT2D eigenvalue weighted by atomic mass is 79.9. The highest BCUT2D eigenvalue weighted by molar-refractivity contribution is 9.10. The summed E-state index contributed by atoms with van der Waals surface area (Å²) in [5.74, 6) is 1.71. The third-order valence-electron chi connectivity index (χ3n) is 4.29. The summed E-state index contributed by atoms with van der Waals surface area (Å²) in [4.78, 5) is 0. The minimum absolute atomic E-state index is 0.422. The smallest absolute Gasteiger partial charge is 0.230 e. The van der Waals surface area contributed by atoms with Gasteiger partial charge in [0.1, 0.15) is 0 Å². The molecule has 1 aromatic heterocycles. The van der Waals surface area contributed by atoms with E-state index in [4.69, 9.17) is 10.3 Å². The summed E-state index contributed by atoms with van der Waals surface area (Å²) in [6, 6.07) is 8.09. The lowest BCUT2D eigenvalue weighted by Crippen LogP contribution is -2.12. The maximum atomic E-state index is 6.03. The van der Waals surface area contributed by atoms with Crippen LogP contribution >= 0.6 is 15.9 Å². The third-order valence-corrected chi connectivity index (χ3v) is 4.98. The van der Waals surface area contributed by atoms with Crippen molar-refractivity contribution in [2.45, 2.75) is 38.5 Å². The molecule has 4 heteroatoms. The molecule has 3 nitrogen and oxygen atoms in total. The first-order valence-corrected chi connectivity index (χ1v) is 7.96. The topological polar surface area (TPSA) is 52.0 Å². The molecule has 106 valence electrons. The third kappa shape index (κ3) is 2.49. The monoisotopic (exact) mass is 334 g/mol. The molecule has 1 saturated carbocycles. The van der Waals surface area contributed by atoms with E-state index in [1.807, 2.05) is 18.2 Å². The minimum atomic E-state index is 0.422. The van der Waals surface area contributed by atoms with E-state index >= 15 is 0 Å². The van der Waals surface area contributed by atoms with Gasteiger partial charge in [-0.05, 0) is 24.8 Å². The van der Waals surface area contributed by atoms with E-state index in [1.165, 1.54) is 25.7 Å². The molecule has 20 heavy (non-hydrogen) atoms. The standard InChI is InChI=1S/C16H19BrN2O/c1-10-6-8-11(9-7-10)15-14(16(18)20-19-15)12-4-2-3-5-13(12)17/h2-5,10-11H,6-9,18H2,1H3. The molecular weight excluding hydrogens is 316 g/mol. The molecule has 1 aromatic carbocycles. The predicted octanol–water partition coefficient (Wildman–Crippen LogP) is 4.98. The van der Waals surface area contributed by atoms with Crippen molar-refractivity contribution in [2.24, 2.45) is 5.92 Å². The van der Waals surface area contributed by atoms with E-state index in [2.05, 4.69) is 34.1 Å². The van der Waals surface area contributed by atoms with Crippen LogP contribution in [0.4, 0.5) is 5.88 Å². The number of hydrogen-bond donors (Lipinski definition) is 1. The summed E-state index contributed by atoms with van der Waals surface area (Å²) >= 11 is 3.59. The lowest BCUT2D eigenvalue weighted by molar-refractivity contribution is 0.331. The summed E-state index contributed by atoms with van der Waals surface area (Å²) in [7, 11) is 0. The molecule has 0 amide bonds. The maximum absolute atomic E-state index is 6.03. The van der Waals surface area contributed by atoms with Crippen LogP contribution in [-0.2, 0) is 0 Å². The van der Waals surface area contributed by atoms with E-state index in [0.717, 1.165) is 27.2 Å². The number of halogens is 1. The number of nitrogens with two attached hydrogens (primary N) is 1. The lowest BCUT2D eigenvalue weighted by atomic mass is 9.80. The molecule has 1 heterocycles. The molecule has 0 saturated heterocycles. The lowest BCUT2D eigenvalue weighted by Gasteiger charge is -2.25. The Bertz CT molecular complexity index is 600. The van der Waals surface area contributed by atoms with Crippen molar-refractivity contribution in [1.29, 1.82) is 0 Å². The summed E-state index contributed by atoms with van der Waals surface area (Å²) in [5, 5.41) is 4.26. The summed E-state index contributed by atoms with van der Waals surface area (Å²) in [6.07, 6.45) is 4.86. The van der Waals surface area contributed by atoms with Crippen LogP contribution in [0.15, 0.2) is 33.3 Å². The fourth-order valence-electron chi connectivity index (χ4n) is 3.06. The zero-order valence-electron chi connectivity index (χ0n) is 11.6. The summed E-state index contributed by atoms with van der Waals surface area (Å²) in [5.41, 5.74) is 9.09. The van der Waals surface area contributed by atoms with Crippen LogP contribution in [0.5, 0.6) is 0 Å². The summed E-state index contributed by atoms with van der Waals surface area (Å²) < 4.78 is 6.32. The van der Waals surface area contributed by atoms with Crippen LogP contribution in [0.3, 0.4) is 0 Å². The molecule has 1 aliphatic carbocycles. The number of aromatic nitrogens is 1. The normalized spacial score (nSPS) is 22.9. The molecule has 0 radical (unpaired) electrons. The Balaban J connectivity index is 2.00. The molecule has 2 aromatic rings. The van der Waals surface area contributed by atoms with Crippen LogP contribution < -0.4 is 5.73 Å².